The Bertz CT molecular complexity index is 652. The molecule has 2 aromatic rings. The van der Waals surface area contributed by atoms with E-state index in [1.165, 1.54) is 61.7 Å². The van der Waals surface area contributed by atoms with Crippen molar-refractivity contribution in [2.24, 2.45) is 5.92 Å². The number of fused-ring (bicyclic) bond motifs is 3. The minimum atomic E-state index is 0.619. The maximum Gasteiger partial charge on any atom is 0.151 e. The van der Waals surface area contributed by atoms with Crippen LogP contribution >= 0.6 is 0 Å². The summed E-state index contributed by atoms with van der Waals surface area (Å²) in [6.07, 6.45) is 13.6. The number of pyridine rings is 1. The van der Waals surface area contributed by atoms with Gasteiger partial charge in [-0.1, -0.05) is 19.3 Å². The van der Waals surface area contributed by atoms with Crippen molar-refractivity contribution in [3.8, 4) is 0 Å². The van der Waals surface area contributed by atoms with Gasteiger partial charge in [-0.25, -0.2) is 9.97 Å². The summed E-state index contributed by atoms with van der Waals surface area (Å²) in [6, 6.07) is 0. The van der Waals surface area contributed by atoms with Crippen LogP contribution in [0.1, 0.15) is 56.2 Å². The topological polar surface area (TPSA) is 56.7 Å². The molecule has 2 aliphatic rings. The molecule has 0 aromatic carbocycles. The average molecular weight is 284 g/mol. The third kappa shape index (κ3) is 2.30. The summed E-state index contributed by atoms with van der Waals surface area (Å²) in [5, 5.41) is 0. The van der Waals surface area contributed by atoms with Gasteiger partial charge in [0.1, 0.15) is 5.52 Å². The third-order valence-corrected chi connectivity index (χ3v) is 5.24. The second-order valence-corrected chi connectivity index (χ2v) is 6.73. The first-order chi connectivity index (χ1) is 10.3. The van der Waals surface area contributed by atoms with E-state index in [9.17, 15) is 0 Å². The molecule has 21 heavy (non-hydrogen) atoms. The van der Waals surface area contributed by atoms with Crippen molar-refractivity contribution in [1.82, 2.24) is 14.5 Å². The van der Waals surface area contributed by atoms with Gasteiger partial charge in [-0.15, -0.1) is 0 Å². The summed E-state index contributed by atoms with van der Waals surface area (Å²) in [5.41, 5.74) is 11.0. The predicted molar refractivity (Wildman–Crippen MR) is 85.2 cm³/mol. The quantitative estimate of drug-likeness (QED) is 0.918. The number of nitrogens with zero attached hydrogens (tertiary/aromatic N) is 3. The van der Waals surface area contributed by atoms with Crippen LogP contribution in [-0.4, -0.2) is 14.5 Å². The Balaban J connectivity index is 1.76. The predicted octanol–water partition coefficient (Wildman–Crippen LogP) is 3.47. The Morgan fingerprint density at radius 3 is 2.76 bits per heavy atom. The number of hydrogen-bond donors (Lipinski definition) is 1. The van der Waals surface area contributed by atoms with Gasteiger partial charge in [0.05, 0.1) is 11.8 Å². The summed E-state index contributed by atoms with van der Waals surface area (Å²) < 4.78 is 2.37. The highest BCUT2D eigenvalue weighted by molar-refractivity contribution is 5.88. The van der Waals surface area contributed by atoms with Crippen molar-refractivity contribution in [1.29, 1.82) is 0 Å². The number of nitrogen functional groups attached to an aromatic ring is 1. The summed E-state index contributed by atoms with van der Waals surface area (Å²) in [6.45, 7) is 1.10. The number of aromatic nitrogens is 3. The van der Waals surface area contributed by atoms with Crippen LogP contribution in [0.15, 0.2) is 6.33 Å². The van der Waals surface area contributed by atoms with Crippen LogP contribution in [0.3, 0.4) is 0 Å². The monoisotopic (exact) mass is 284 g/mol. The highest BCUT2D eigenvalue weighted by Gasteiger charge is 2.21. The second kappa shape index (κ2) is 5.32. The van der Waals surface area contributed by atoms with E-state index < -0.39 is 0 Å². The first kappa shape index (κ1) is 13.1. The molecule has 112 valence electrons. The van der Waals surface area contributed by atoms with Gasteiger partial charge in [-0.2, -0.15) is 0 Å². The van der Waals surface area contributed by atoms with Gasteiger partial charge in [-0.05, 0) is 50.0 Å². The lowest BCUT2D eigenvalue weighted by molar-refractivity contribution is 0.322. The molecule has 0 amide bonds. The number of rotatable bonds is 2. The standard InChI is InChI=1S/C17H24N4/c18-17-15-16(13-8-4-5-9-14(13)20-17)21(11-19-15)10-12-6-2-1-3-7-12/h11-12H,1-10H2,(H2,18,20). The minimum Gasteiger partial charge on any atom is -0.382 e. The Kier molecular flexibility index (Phi) is 3.32. The lowest BCUT2D eigenvalue weighted by Gasteiger charge is -2.23. The molecule has 0 spiro atoms. The summed E-state index contributed by atoms with van der Waals surface area (Å²) in [5.74, 6) is 1.43. The van der Waals surface area contributed by atoms with Crippen molar-refractivity contribution in [3.63, 3.8) is 0 Å². The first-order valence-corrected chi connectivity index (χ1v) is 8.45. The Morgan fingerprint density at radius 2 is 1.90 bits per heavy atom. The minimum absolute atomic E-state index is 0.619. The molecule has 0 radical (unpaired) electrons. The van der Waals surface area contributed by atoms with Crippen LogP contribution in [0.25, 0.3) is 11.0 Å². The van der Waals surface area contributed by atoms with Crippen molar-refractivity contribution < 1.29 is 0 Å². The zero-order chi connectivity index (χ0) is 14.2. The molecule has 0 unspecified atom stereocenters. The molecule has 2 heterocycles. The van der Waals surface area contributed by atoms with Crippen molar-refractivity contribution in [2.75, 3.05) is 5.73 Å². The fourth-order valence-electron chi connectivity index (χ4n) is 4.14. The number of hydrogen-bond acceptors (Lipinski definition) is 3. The summed E-state index contributed by atoms with van der Waals surface area (Å²) in [7, 11) is 0. The molecule has 4 rings (SSSR count). The molecule has 1 saturated carbocycles. The number of imidazole rings is 1. The fraction of sp³-hybridized carbons (Fsp3) is 0.647. The van der Waals surface area contributed by atoms with Gasteiger partial charge in [0.15, 0.2) is 5.82 Å². The van der Waals surface area contributed by atoms with Crippen molar-refractivity contribution in [2.45, 2.75) is 64.3 Å². The van der Waals surface area contributed by atoms with E-state index in [0.29, 0.717) is 5.82 Å². The van der Waals surface area contributed by atoms with Gasteiger partial charge < -0.3 is 10.3 Å². The SMILES string of the molecule is Nc1nc2c(c3c1ncn3CC1CCCCC1)CCCC2. The Labute approximate surface area is 125 Å². The lowest BCUT2D eigenvalue weighted by Crippen LogP contribution is -2.15. The van der Waals surface area contributed by atoms with Crippen LogP contribution in [-0.2, 0) is 19.4 Å². The Morgan fingerprint density at radius 1 is 1.10 bits per heavy atom. The molecule has 0 atom stereocenters. The normalized spacial score (nSPS) is 19.8. The van der Waals surface area contributed by atoms with Crippen LogP contribution in [0.5, 0.6) is 0 Å². The van der Waals surface area contributed by atoms with E-state index in [-0.39, 0.29) is 0 Å². The molecule has 2 aliphatic carbocycles. The van der Waals surface area contributed by atoms with E-state index in [4.69, 9.17) is 5.73 Å². The van der Waals surface area contributed by atoms with Gasteiger partial charge in [0.2, 0.25) is 0 Å². The van der Waals surface area contributed by atoms with Crippen LogP contribution in [0.4, 0.5) is 5.82 Å². The molecule has 4 nitrogen and oxygen atoms in total. The van der Waals surface area contributed by atoms with Gasteiger partial charge in [-0.3, -0.25) is 0 Å². The average Bonchev–Trinajstić information content (AvgIpc) is 2.93. The largest absolute Gasteiger partial charge is 0.382 e. The highest BCUT2D eigenvalue weighted by Crippen LogP contribution is 2.32. The van der Waals surface area contributed by atoms with E-state index >= 15 is 0 Å². The molecule has 4 heteroatoms. The first-order valence-electron chi connectivity index (χ1n) is 8.45. The molecule has 0 bridgehead atoms. The van der Waals surface area contributed by atoms with Crippen molar-refractivity contribution >= 4 is 16.9 Å². The van der Waals surface area contributed by atoms with E-state index in [1.54, 1.807) is 0 Å². The number of nitrogens with two attached hydrogens (primary N) is 1. The maximum absolute atomic E-state index is 6.14. The van der Waals surface area contributed by atoms with Crippen molar-refractivity contribution in [3.05, 3.63) is 17.6 Å². The molecular weight excluding hydrogens is 260 g/mol. The zero-order valence-corrected chi connectivity index (χ0v) is 12.6. The molecule has 0 aliphatic heterocycles. The van der Waals surface area contributed by atoms with Gasteiger partial charge in [0, 0.05) is 12.2 Å². The summed E-state index contributed by atoms with van der Waals surface area (Å²) >= 11 is 0. The molecule has 2 N–H and O–H groups in total. The molecular formula is C17H24N4. The van der Waals surface area contributed by atoms with Gasteiger partial charge >= 0.3 is 0 Å². The smallest absolute Gasteiger partial charge is 0.151 e. The number of anilines is 1. The van der Waals surface area contributed by atoms with Crippen LogP contribution < -0.4 is 5.73 Å². The van der Waals surface area contributed by atoms with E-state index in [1.807, 2.05) is 6.33 Å². The maximum atomic E-state index is 6.14. The Hall–Kier alpha value is -1.58. The number of aryl methyl sites for hydroxylation is 2. The van der Waals surface area contributed by atoms with E-state index in [2.05, 4.69) is 14.5 Å². The fourth-order valence-corrected chi connectivity index (χ4v) is 4.14. The molecule has 1 fully saturated rings. The van der Waals surface area contributed by atoms with Gasteiger partial charge in [0.25, 0.3) is 0 Å². The van der Waals surface area contributed by atoms with Crippen LogP contribution in [0, 0.1) is 5.92 Å². The van der Waals surface area contributed by atoms with E-state index in [0.717, 1.165) is 30.8 Å². The third-order valence-electron chi connectivity index (χ3n) is 5.24. The van der Waals surface area contributed by atoms with Crippen LogP contribution in [0.2, 0.25) is 0 Å². The lowest BCUT2D eigenvalue weighted by atomic mass is 9.89. The second-order valence-electron chi connectivity index (χ2n) is 6.73. The summed E-state index contributed by atoms with van der Waals surface area (Å²) in [4.78, 5) is 9.17. The zero-order valence-electron chi connectivity index (χ0n) is 12.6. The molecule has 2 aromatic heterocycles. The highest BCUT2D eigenvalue weighted by atomic mass is 15.1. The molecule has 0 saturated heterocycles.